The van der Waals surface area contributed by atoms with Crippen LogP contribution in [0, 0.1) is 0 Å². The van der Waals surface area contributed by atoms with Crippen LogP contribution < -0.4 is 0 Å². The molecule has 0 heterocycles. The molecule has 0 bridgehead atoms. The molecule has 0 fully saturated rings. The quantitative estimate of drug-likeness (QED) is 0.897. The van der Waals surface area contributed by atoms with Crippen LogP contribution in [0.4, 0.5) is 5.69 Å². The Hall–Kier alpha value is -1.58. The van der Waals surface area contributed by atoms with E-state index in [0.717, 1.165) is 0 Å². The fourth-order valence-corrected chi connectivity index (χ4v) is 2.25. The maximum Gasteiger partial charge on any atom is 0.307 e. The van der Waals surface area contributed by atoms with E-state index in [1.54, 1.807) is 24.3 Å². The van der Waals surface area contributed by atoms with Crippen molar-refractivity contribution in [3.05, 3.63) is 52.0 Å². The Kier molecular flexibility index (Phi) is 4.40. The summed E-state index contributed by atoms with van der Waals surface area (Å²) < 4.78 is 0. The van der Waals surface area contributed by atoms with E-state index in [0.29, 0.717) is 33.4 Å². The molecule has 3 nitrogen and oxygen atoms in total. The minimum absolute atomic E-state index is 0.0642. The van der Waals surface area contributed by atoms with Gasteiger partial charge in [-0.3, -0.25) is 4.79 Å². The van der Waals surface area contributed by atoms with Gasteiger partial charge < -0.3 is 5.11 Å². The minimum atomic E-state index is -0.889. The lowest BCUT2D eigenvalue weighted by atomic mass is 9.99. The van der Waals surface area contributed by atoms with Crippen molar-refractivity contribution in [1.82, 2.24) is 0 Å². The zero-order chi connectivity index (χ0) is 13.8. The summed E-state index contributed by atoms with van der Waals surface area (Å²) >= 11 is 12.1. The van der Waals surface area contributed by atoms with Crippen LogP contribution in [0.25, 0.3) is 0 Å². The van der Waals surface area contributed by atoms with Crippen molar-refractivity contribution in [3.8, 4) is 0 Å². The molecule has 1 aliphatic carbocycles. The number of hydrogen-bond acceptors (Lipinski definition) is 2. The molecular weight excluding hydrogens is 285 g/mol. The van der Waals surface area contributed by atoms with Crippen molar-refractivity contribution in [2.45, 2.75) is 12.8 Å². The van der Waals surface area contributed by atoms with Gasteiger partial charge in [0.2, 0.25) is 0 Å². The fraction of sp³-hybridized carbons (Fsp3) is 0.143. The standard InChI is InChI=1S/C14H11Cl2NO2/c15-10-5-3-6-11(16)14(10)17-12-7-2-1-4-9(12)8-13(18)19/h1-6H,7-8H2,(H,18,19). The maximum absolute atomic E-state index is 10.8. The van der Waals surface area contributed by atoms with Gasteiger partial charge in [0.05, 0.1) is 16.5 Å². The number of allylic oxidation sites excluding steroid dienone is 3. The zero-order valence-corrected chi connectivity index (χ0v) is 11.4. The van der Waals surface area contributed by atoms with Gasteiger partial charge in [-0.2, -0.15) is 0 Å². The Bertz CT molecular complexity index is 583. The molecule has 0 radical (unpaired) electrons. The Labute approximate surface area is 120 Å². The molecule has 2 rings (SSSR count). The normalized spacial score (nSPS) is 16.5. The molecule has 1 aromatic rings. The zero-order valence-electron chi connectivity index (χ0n) is 9.94. The Morgan fingerprint density at radius 1 is 1.32 bits per heavy atom. The molecule has 0 spiro atoms. The molecule has 5 heteroatoms. The lowest BCUT2D eigenvalue weighted by Crippen LogP contribution is -2.09. The van der Waals surface area contributed by atoms with E-state index in [9.17, 15) is 4.79 Å². The largest absolute Gasteiger partial charge is 0.481 e. The van der Waals surface area contributed by atoms with Gasteiger partial charge in [0.25, 0.3) is 0 Å². The van der Waals surface area contributed by atoms with E-state index in [4.69, 9.17) is 28.3 Å². The van der Waals surface area contributed by atoms with Crippen LogP contribution in [-0.2, 0) is 4.79 Å². The van der Waals surface area contributed by atoms with Crippen LogP contribution in [0.1, 0.15) is 12.8 Å². The topological polar surface area (TPSA) is 49.7 Å². The number of rotatable bonds is 3. The molecule has 1 aromatic carbocycles. The SMILES string of the molecule is O=C(O)CC1=CC=CCC1=Nc1c(Cl)cccc1Cl. The van der Waals surface area contributed by atoms with Crippen molar-refractivity contribution in [1.29, 1.82) is 0 Å². The number of carbonyl (C=O) groups is 1. The second-order valence-electron chi connectivity index (χ2n) is 4.02. The second kappa shape index (κ2) is 6.04. The molecule has 1 aliphatic rings. The van der Waals surface area contributed by atoms with Crippen LogP contribution in [0.5, 0.6) is 0 Å². The predicted molar refractivity (Wildman–Crippen MR) is 77.6 cm³/mol. The molecule has 0 aliphatic heterocycles. The van der Waals surface area contributed by atoms with E-state index in [1.165, 1.54) is 0 Å². The molecule has 1 N–H and O–H groups in total. The van der Waals surface area contributed by atoms with Gasteiger partial charge >= 0.3 is 5.97 Å². The van der Waals surface area contributed by atoms with Gasteiger partial charge in [0.15, 0.2) is 0 Å². The number of nitrogens with zero attached hydrogens (tertiary/aromatic N) is 1. The molecule has 0 atom stereocenters. The van der Waals surface area contributed by atoms with Gasteiger partial charge in [0, 0.05) is 12.1 Å². The number of aliphatic carboxylic acids is 1. The molecule has 0 unspecified atom stereocenters. The molecule has 19 heavy (non-hydrogen) atoms. The van der Waals surface area contributed by atoms with E-state index < -0.39 is 5.97 Å². The first-order valence-corrected chi connectivity index (χ1v) is 6.43. The number of aliphatic imine (C=N–C) groups is 1. The molecule has 0 saturated heterocycles. The van der Waals surface area contributed by atoms with Crippen LogP contribution in [0.15, 0.2) is 47.0 Å². The Morgan fingerprint density at radius 2 is 2.00 bits per heavy atom. The van der Waals surface area contributed by atoms with Gasteiger partial charge in [-0.25, -0.2) is 4.99 Å². The summed E-state index contributed by atoms with van der Waals surface area (Å²) in [5, 5.41) is 9.78. The Morgan fingerprint density at radius 3 is 2.63 bits per heavy atom. The molecule has 0 amide bonds. The summed E-state index contributed by atoms with van der Waals surface area (Å²) in [7, 11) is 0. The van der Waals surface area contributed by atoms with Crippen LogP contribution >= 0.6 is 23.2 Å². The smallest absolute Gasteiger partial charge is 0.307 e. The highest BCUT2D eigenvalue weighted by Gasteiger charge is 2.14. The minimum Gasteiger partial charge on any atom is -0.481 e. The van der Waals surface area contributed by atoms with Crippen LogP contribution in [-0.4, -0.2) is 16.8 Å². The highest BCUT2D eigenvalue weighted by atomic mass is 35.5. The number of hydrogen-bond donors (Lipinski definition) is 1. The van der Waals surface area contributed by atoms with Crippen molar-refractivity contribution in [3.63, 3.8) is 0 Å². The molecule has 0 aromatic heterocycles. The molecule has 98 valence electrons. The summed E-state index contributed by atoms with van der Waals surface area (Å²) in [4.78, 5) is 15.2. The van der Waals surface area contributed by atoms with Crippen molar-refractivity contribution >= 4 is 40.6 Å². The summed E-state index contributed by atoms with van der Waals surface area (Å²) in [5.74, 6) is -0.889. The number of benzene rings is 1. The summed E-state index contributed by atoms with van der Waals surface area (Å²) in [6.45, 7) is 0. The average Bonchev–Trinajstić information content (AvgIpc) is 2.35. The number of carboxylic acid groups (broad SMARTS) is 1. The van der Waals surface area contributed by atoms with E-state index in [1.807, 2.05) is 12.2 Å². The fourth-order valence-electron chi connectivity index (χ4n) is 1.76. The number of halogens is 2. The van der Waals surface area contributed by atoms with E-state index in [2.05, 4.69) is 4.99 Å². The third-order valence-corrected chi connectivity index (χ3v) is 3.25. The lowest BCUT2D eigenvalue weighted by Gasteiger charge is -2.11. The van der Waals surface area contributed by atoms with E-state index in [-0.39, 0.29) is 6.42 Å². The summed E-state index contributed by atoms with van der Waals surface area (Å²) in [6.07, 6.45) is 5.99. The monoisotopic (exact) mass is 295 g/mol. The molecule has 0 saturated carbocycles. The highest BCUT2D eigenvalue weighted by molar-refractivity contribution is 6.39. The average molecular weight is 296 g/mol. The van der Waals surface area contributed by atoms with Gasteiger partial charge in [-0.05, 0) is 17.7 Å². The summed E-state index contributed by atoms with van der Waals surface area (Å²) in [5.41, 5.74) is 1.83. The van der Waals surface area contributed by atoms with Crippen molar-refractivity contribution < 1.29 is 9.90 Å². The third kappa shape index (κ3) is 3.46. The van der Waals surface area contributed by atoms with Crippen LogP contribution in [0.3, 0.4) is 0 Å². The van der Waals surface area contributed by atoms with Gasteiger partial charge in [0.1, 0.15) is 5.69 Å². The second-order valence-corrected chi connectivity index (χ2v) is 4.84. The Balaban J connectivity index is 2.39. The highest BCUT2D eigenvalue weighted by Crippen LogP contribution is 2.34. The number of carboxylic acids is 1. The lowest BCUT2D eigenvalue weighted by molar-refractivity contribution is -0.136. The van der Waals surface area contributed by atoms with Crippen molar-refractivity contribution in [2.75, 3.05) is 0 Å². The van der Waals surface area contributed by atoms with Gasteiger partial charge in [-0.1, -0.05) is 47.5 Å². The maximum atomic E-state index is 10.8. The first-order valence-electron chi connectivity index (χ1n) is 5.67. The van der Waals surface area contributed by atoms with E-state index >= 15 is 0 Å². The first-order chi connectivity index (χ1) is 9.08. The van der Waals surface area contributed by atoms with Crippen molar-refractivity contribution in [2.24, 2.45) is 4.99 Å². The van der Waals surface area contributed by atoms with Crippen LogP contribution in [0.2, 0.25) is 10.0 Å². The van der Waals surface area contributed by atoms with Gasteiger partial charge in [-0.15, -0.1) is 0 Å². The molecular formula is C14H11Cl2NO2. The first kappa shape index (κ1) is 13.8. The number of para-hydroxylation sites is 1. The third-order valence-electron chi connectivity index (χ3n) is 2.64. The summed E-state index contributed by atoms with van der Waals surface area (Å²) in [6, 6.07) is 5.14. The predicted octanol–water partition coefficient (Wildman–Crippen LogP) is 4.43.